The van der Waals surface area contributed by atoms with Crippen molar-refractivity contribution in [1.82, 2.24) is 10.6 Å². The van der Waals surface area contributed by atoms with Crippen LogP contribution in [-0.2, 0) is 0 Å². The normalized spacial score (nSPS) is 21.3. The lowest BCUT2D eigenvalue weighted by atomic mass is 9.80. The Hall–Kier alpha value is -0.875. The minimum Gasteiger partial charge on any atom is -0.423 e. The molecule has 2 rings (SSSR count). The van der Waals surface area contributed by atoms with Crippen molar-refractivity contribution in [2.45, 2.75) is 6.04 Å². The molecule has 1 aliphatic heterocycles. The second kappa shape index (κ2) is 4.76. The summed E-state index contributed by atoms with van der Waals surface area (Å²) in [6, 6.07) is 7.68. The van der Waals surface area contributed by atoms with Gasteiger partial charge in [0.05, 0.1) is 0 Å². The minimum absolute atomic E-state index is 0.323. The van der Waals surface area contributed by atoms with Gasteiger partial charge in [-0.1, -0.05) is 24.3 Å². The van der Waals surface area contributed by atoms with Gasteiger partial charge < -0.3 is 20.7 Å². The number of benzene rings is 1. The Morgan fingerprint density at radius 1 is 1.13 bits per heavy atom. The lowest BCUT2D eigenvalue weighted by Crippen LogP contribution is -2.42. The first-order chi connectivity index (χ1) is 7.27. The summed E-state index contributed by atoms with van der Waals surface area (Å²) in [6.45, 7) is 2.89. The molecule has 1 unspecified atom stereocenters. The van der Waals surface area contributed by atoms with Crippen LogP contribution in [0.2, 0.25) is 0 Å². The fourth-order valence-electron chi connectivity index (χ4n) is 1.79. The smallest absolute Gasteiger partial charge is 0.423 e. The summed E-state index contributed by atoms with van der Waals surface area (Å²) in [6.07, 6.45) is 0. The predicted octanol–water partition coefficient (Wildman–Crippen LogP) is -1.40. The van der Waals surface area contributed by atoms with E-state index in [1.165, 1.54) is 5.56 Å². The van der Waals surface area contributed by atoms with E-state index in [1.807, 2.05) is 12.1 Å². The van der Waals surface area contributed by atoms with Crippen LogP contribution in [0.25, 0.3) is 0 Å². The molecule has 4 nitrogen and oxygen atoms in total. The summed E-state index contributed by atoms with van der Waals surface area (Å²) < 4.78 is 0. The average Bonchev–Trinajstić information content (AvgIpc) is 2.30. The van der Waals surface area contributed by atoms with Crippen molar-refractivity contribution in [3.05, 3.63) is 29.8 Å². The summed E-state index contributed by atoms with van der Waals surface area (Å²) in [4.78, 5) is 0. The van der Waals surface area contributed by atoms with Gasteiger partial charge >= 0.3 is 7.12 Å². The molecule has 0 aliphatic carbocycles. The second-order valence-electron chi connectivity index (χ2n) is 3.75. The lowest BCUT2D eigenvalue weighted by Gasteiger charge is -2.24. The molecule has 4 N–H and O–H groups in total. The molecule has 80 valence electrons. The quantitative estimate of drug-likeness (QED) is 0.449. The van der Waals surface area contributed by atoms with Gasteiger partial charge in [-0.25, -0.2) is 0 Å². The van der Waals surface area contributed by atoms with E-state index < -0.39 is 7.12 Å². The standard InChI is InChI=1S/C10H15BN2O2/c14-11(15)9-3-1-8(2-4-9)10-7-12-5-6-13-10/h1-4,10,12-15H,5-7H2. The van der Waals surface area contributed by atoms with Crippen molar-refractivity contribution in [1.29, 1.82) is 0 Å². The highest BCUT2D eigenvalue weighted by atomic mass is 16.4. The molecule has 0 aromatic heterocycles. The average molecular weight is 206 g/mol. The molecular formula is C10H15BN2O2. The largest absolute Gasteiger partial charge is 0.488 e. The highest BCUT2D eigenvalue weighted by molar-refractivity contribution is 6.58. The fourth-order valence-corrected chi connectivity index (χ4v) is 1.79. The Balaban J connectivity index is 2.08. The third kappa shape index (κ3) is 2.57. The zero-order valence-electron chi connectivity index (χ0n) is 8.48. The van der Waals surface area contributed by atoms with E-state index in [0.29, 0.717) is 11.5 Å². The summed E-state index contributed by atoms with van der Waals surface area (Å²) >= 11 is 0. The number of hydrogen-bond acceptors (Lipinski definition) is 4. The van der Waals surface area contributed by atoms with Crippen LogP contribution in [0, 0.1) is 0 Å². The number of piperazine rings is 1. The van der Waals surface area contributed by atoms with E-state index in [4.69, 9.17) is 10.0 Å². The molecule has 0 spiro atoms. The fraction of sp³-hybridized carbons (Fsp3) is 0.400. The number of hydrogen-bond donors (Lipinski definition) is 4. The van der Waals surface area contributed by atoms with Gasteiger partial charge in [-0.2, -0.15) is 0 Å². The van der Waals surface area contributed by atoms with Gasteiger partial charge in [0.15, 0.2) is 0 Å². The van der Waals surface area contributed by atoms with Crippen molar-refractivity contribution in [3.63, 3.8) is 0 Å². The van der Waals surface area contributed by atoms with Crippen LogP contribution in [0.15, 0.2) is 24.3 Å². The lowest BCUT2D eigenvalue weighted by molar-refractivity contribution is 0.425. The Morgan fingerprint density at radius 3 is 2.40 bits per heavy atom. The molecule has 5 heteroatoms. The molecule has 0 saturated carbocycles. The van der Waals surface area contributed by atoms with Crippen LogP contribution in [0.3, 0.4) is 0 Å². The first-order valence-corrected chi connectivity index (χ1v) is 5.17. The SMILES string of the molecule is OB(O)c1ccc(C2CNCCN2)cc1. The van der Waals surface area contributed by atoms with Crippen LogP contribution in [0.5, 0.6) is 0 Å². The van der Waals surface area contributed by atoms with E-state index in [-0.39, 0.29) is 0 Å². The number of nitrogens with one attached hydrogen (secondary N) is 2. The van der Waals surface area contributed by atoms with Crippen LogP contribution in [0.4, 0.5) is 0 Å². The summed E-state index contributed by atoms with van der Waals surface area (Å²) in [7, 11) is -1.38. The monoisotopic (exact) mass is 206 g/mol. The van der Waals surface area contributed by atoms with Gasteiger partial charge in [-0.15, -0.1) is 0 Å². The van der Waals surface area contributed by atoms with Gasteiger partial charge in [-0.3, -0.25) is 0 Å². The van der Waals surface area contributed by atoms with Crippen LogP contribution in [-0.4, -0.2) is 36.8 Å². The maximum atomic E-state index is 8.95. The topological polar surface area (TPSA) is 64.5 Å². The van der Waals surface area contributed by atoms with Gasteiger partial charge in [0.1, 0.15) is 0 Å². The van der Waals surface area contributed by atoms with Crippen molar-refractivity contribution in [2.24, 2.45) is 0 Å². The van der Waals surface area contributed by atoms with Gasteiger partial charge in [0.25, 0.3) is 0 Å². The van der Waals surface area contributed by atoms with E-state index >= 15 is 0 Å². The predicted molar refractivity (Wildman–Crippen MR) is 59.9 cm³/mol. The third-order valence-corrected chi connectivity index (χ3v) is 2.68. The Bertz CT molecular complexity index is 310. The van der Waals surface area contributed by atoms with Crippen molar-refractivity contribution >= 4 is 12.6 Å². The van der Waals surface area contributed by atoms with Crippen molar-refractivity contribution < 1.29 is 10.0 Å². The molecule has 1 aromatic carbocycles. The van der Waals surface area contributed by atoms with Gasteiger partial charge in [-0.05, 0) is 11.0 Å². The van der Waals surface area contributed by atoms with Crippen LogP contribution in [0.1, 0.15) is 11.6 Å². The molecule has 15 heavy (non-hydrogen) atoms. The van der Waals surface area contributed by atoms with Crippen LogP contribution < -0.4 is 16.1 Å². The Labute approximate surface area is 89.5 Å². The molecule has 1 aliphatic rings. The van der Waals surface area contributed by atoms with E-state index in [9.17, 15) is 0 Å². The molecule has 0 bridgehead atoms. The molecule has 0 amide bonds. The molecule has 1 aromatic rings. The Morgan fingerprint density at radius 2 is 1.87 bits per heavy atom. The molecule has 0 radical (unpaired) electrons. The highest BCUT2D eigenvalue weighted by Crippen LogP contribution is 2.11. The zero-order chi connectivity index (χ0) is 10.7. The zero-order valence-corrected chi connectivity index (χ0v) is 8.48. The van der Waals surface area contributed by atoms with E-state index in [1.54, 1.807) is 12.1 Å². The molecule has 1 saturated heterocycles. The number of rotatable bonds is 2. The summed E-state index contributed by atoms with van der Waals surface area (Å²) in [5.74, 6) is 0. The summed E-state index contributed by atoms with van der Waals surface area (Å²) in [5, 5.41) is 24.6. The first kappa shape index (κ1) is 10.6. The maximum Gasteiger partial charge on any atom is 0.488 e. The molecule has 1 atom stereocenters. The van der Waals surface area contributed by atoms with Crippen molar-refractivity contribution in [2.75, 3.05) is 19.6 Å². The van der Waals surface area contributed by atoms with Crippen molar-refractivity contribution in [3.8, 4) is 0 Å². The molecule has 1 fully saturated rings. The van der Waals surface area contributed by atoms with E-state index in [2.05, 4.69) is 10.6 Å². The first-order valence-electron chi connectivity index (χ1n) is 5.17. The maximum absolute atomic E-state index is 8.95. The van der Waals surface area contributed by atoms with Crippen LogP contribution >= 0.6 is 0 Å². The van der Waals surface area contributed by atoms with Gasteiger partial charge in [0, 0.05) is 25.7 Å². The minimum atomic E-state index is -1.38. The molecule has 1 heterocycles. The highest BCUT2D eigenvalue weighted by Gasteiger charge is 2.15. The van der Waals surface area contributed by atoms with E-state index in [0.717, 1.165) is 19.6 Å². The Kier molecular flexibility index (Phi) is 3.38. The second-order valence-corrected chi connectivity index (χ2v) is 3.75. The third-order valence-electron chi connectivity index (χ3n) is 2.68. The summed E-state index contributed by atoms with van der Waals surface area (Å²) in [5.41, 5.74) is 1.70. The molecular weight excluding hydrogens is 191 g/mol. The van der Waals surface area contributed by atoms with Gasteiger partial charge in [0.2, 0.25) is 0 Å².